The van der Waals surface area contributed by atoms with Gasteiger partial charge in [-0.3, -0.25) is 9.69 Å². The summed E-state index contributed by atoms with van der Waals surface area (Å²) in [6.07, 6.45) is 0.962. The molecule has 1 aliphatic heterocycles. The maximum atomic E-state index is 12.9. The quantitative estimate of drug-likeness (QED) is 0.628. The molecule has 0 bridgehead atoms. The molecule has 1 fully saturated rings. The van der Waals surface area contributed by atoms with Crippen LogP contribution < -0.4 is 0 Å². The minimum Gasteiger partial charge on any atom is -0.451 e. The second-order valence-electron chi connectivity index (χ2n) is 7.08. The van der Waals surface area contributed by atoms with Crippen LogP contribution in [0.5, 0.6) is 0 Å². The fraction of sp³-hybridized carbons (Fsp3) is 0.261. The highest BCUT2D eigenvalue weighted by Crippen LogP contribution is 2.24. The van der Waals surface area contributed by atoms with E-state index in [1.165, 1.54) is 5.56 Å². The van der Waals surface area contributed by atoms with E-state index >= 15 is 0 Å². The third-order valence-electron chi connectivity index (χ3n) is 5.07. The first-order chi connectivity index (χ1) is 13.7. The van der Waals surface area contributed by atoms with Crippen molar-refractivity contribution in [2.75, 3.05) is 26.2 Å². The van der Waals surface area contributed by atoms with Gasteiger partial charge >= 0.3 is 0 Å². The van der Waals surface area contributed by atoms with E-state index in [-0.39, 0.29) is 5.91 Å². The van der Waals surface area contributed by atoms with Crippen molar-refractivity contribution in [3.63, 3.8) is 0 Å². The Bertz CT molecular complexity index is 921. The van der Waals surface area contributed by atoms with Crippen LogP contribution >= 0.6 is 11.6 Å². The van der Waals surface area contributed by atoms with Gasteiger partial charge in [0.25, 0.3) is 5.91 Å². The molecule has 0 atom stereocenters. The number of rotatable bonds is 4. The van der Waals surface area contributed by atoms with Crippen molar-refractivity contribution < 1.29 is 9.21 Å². The van der Waals surface area contributed by atoms with Crippen LogP contribution in [-0.4, -0.2) is 41.9 Å². The van der Waals surface area contributed by atoms with Gasteiger partial charge in [0.2, 0.25) is 0 Å². The van der Waals surface area contributed by atoms with E-state index in [9.17, 15) is 4.79 Å². The zero-order valence-electron chi connectivity index (χ0n) is 15.7. The topological polar surface area (TPSA) is 36.7 Å². The molecule has 4 rings (SSSR count). The lowest BCUT2D eigenvalue weighted by Crippen LogP contribution is -2.34. The second-order valence-corrected chi connectivity index (χ2v) is 7.51. The van der Waals surface area contributed by atoms with Crippen molar-refractivity contribution in [1.82, 2.24) is 9.80 Å². The molecule has 0 unspecified atom stereocenters. The van der Waals surface area contributed by atoms with Crippen LogP contribution in [0.4, 0.5) is 0 Å². The Morgan fingerprint density at radius 3 is 2.46 bits per heavy atom. The number of hydrogen-bond acceptors (Lipinski definition) is 3. The summed E-state index contributed by atoms with van der Waals surface area (Å²) in [5.74, 6) is 1.03. The van der Waals surface area contributed by atoms with E-state index in [0.717, 1.165) is 38.2 Å². The molecule has 28 heavy (non-hydrogen) atoms. The van der Waals surface area contributed by atoms with Crippen molar-refractivity contribution in [3.8, 4) is 11.3 Å². The SMILES string of the molecule is O=C(c1ccc(-c2ccc(Cl)cc2)o1)N1CCCN(Cc2ccccc2)CC1. The van der Waals surface area contributed by atoms with E-state index < -0.39 is 0 Å². The van der Waals surface area contributed by atoms with E-state index in [4.69, 9.17) is 16.0 Å². The summed E-state index contributed by atoms with van der Waals surface area (Å²) in [5.41, 5.74) is 2.22. The van der Waals surface area contributed by atoms with E-state index in [0.29, 0.717) is 23.1 Å². The lowest BCUT2D eigenvalue weighted by atomic mass is 10.2. The highest BCUT2D eigenvalue weighted by Gasteiger charge is 2.23. The zero-order chi connectivity index (χ0) is 19.3. The molecular formula is C23H23ClN2O2. The van der Waals surface area contributed by atoms with Crippen molar-refractivity contribution in [2.24, 2.45) is 0 Å². The first-order valence-electron chi connectivity index (χ1n) is 9.60. The number of amides is 1. The van der Waals surface area contributed by atoms with Crippen molar-refractivity contribution >= 4 is 17.5 Å². The summed E-state index contributed by atoms with van der Waals surface area (Å²) >= 11 is 5.94. The summed E-state index contributed by atoms with van der Waals surface area (Å²) in [7, 11) is 0. The minimum absolute atomic E-state index is 0.0400. The predicted octanol–water partition coefficient (Wildman–Crippen LogP) is 4.95. The van der Waals surface area contributed by atoms with Crippen molar-refractivity contribution in [3.05, 3.63) is 83.1 Å². The molecular weight excluding hydrogens is 372 g/mol. The predicted molar refractivity (Wildman–Crippen MR) is 111 cm³/mol. The molecule has 0 radical (unpaired) electrons. The zero-order valence-corrected chi connectivity index (χ0v) is 16.4. The van der Waals surface area contributed by atoms with Crippen molar-refractivity contribution in [2.45, 2.75) is 13.0 Å². The number of benzene rings is 2. The Hall–Kier alpha value is -2.56. The standard InChI is InChI=1S/C23H23ClN2O2/c24-20-9-7-19(8-10-20)21-11-12-22(28-21)23(27)26-14-4-13-25(15-16-26)17-18-5-2-1-3-6-18/h1-3,5-12H,4,13-17H2. The summed E-state index contributed by atoms with van der Waals surface area (Å²) in [6, 6.07) is 21.5. The van der Waals surface area contributed by atoms with Gasteiger partial charge in [0.05, 0.1) is 0 Å². The van der Waals surface area contributed by atoms with Gasteiger partial charge in [-0.15, -0.1) is 0 Å². The maximum absolute atomic E-state index is 12.9. The molecule has 0 N–H and O–H groups in total. The molecule has 144 valence electrons. The maximum Gasteiger partial charge on any atom is 0.289 e. The fourth-order valence-electron chi connectivity index (χ4n) is 3.55. The van der Waals surface area contributed by atoms with Crippen LogP contribution in [0.15, 0.2) is 71.1 Å². The summed E-state index contributed by atoms with van der Waals surface area (Å²) in [5, 5.41) is 0.677. The molecule has 4 nitrogen and oxygen atoms in total. The third-order valence-corrected chi connectivity index (χ3v) is 5.32. The van der Waals surface area contributed by atoms with Gasteiger partial charge < -0.3 is 9.32 Å². The molecule has 0 aliphatic carbocycles. The first kappa shape index (κ1) is 18.8. The van der Waals surface area contributed by atoms with E-state index in [1.54, 1.807) is 6.07 Å². The smallest absolute Gasteiger partial charge is 0.289 e. The summed E-state index contributed by atoms with van der Waals surface area (Å²) < 4.78 is 5.84. The summed E-state index contributed by atoms with van der Waals surface area (Å²) in [6.45, 7) is 4.24. The number of carbonyl (C=O) groups is 1. The number of halogens is 1. The molecule has 1 aliphatic rings. The third kappa shape index (κ3) is 4.46. The number of furan rings is 1. The average Bonchev–Trinajstić information content (AvgIpc) is 3.10. The van der Waals surface area contributed by atoms with Gasteiger partial charge in [0, 0.05) is 43.3 Å². The van der Waals surface area contributed by atoms with Gasteiger partial charge in [-0.1, -0.05) is 41.9 Å². The Morgan fingerprint density at radius 2 is 1.68 bits per heavy atom. The first-order valence-corrected chi connectivity index (χ1v) is 9.98. The van der Waals surface area contributed by atoms with Crippen LogP contribution in [-0.2, 0) is 6.54 Å². The highest BCUT2D eigenvalue weighted by molar-refractivity contribution is 6.30. The van der Waals surface area contributed by atoms with Gasteiger partial charge in [0.15, 0.2) is 5.76 Å². The normalized spacial score (nSPS) is 15.4. The Kier molecular flexibility index (Phi) is 5.79. The molecule has 3 aromatic rings. The molecule has 5 heteroatoms. The van der Waals surface area contributed by atoms with Gasteiger partial charge in [-0.2, -0.15) is 0 Å². The fourth-order valence-corrected chi connectivity index (χ4v) is 3.68. The lowest BCUT2D eigenvalue weighted by Gasteiger charge is -2.21. The van der Waals surface area contributed by atoms with Crippen LogP contribution in [0.25, 0.3) is 11.3 Å². The molecule has 2 heterocycles. The largest absolute Gasteiger partial charge is 0.451 e. The molecule has 0 saturated carbocycles. The van der Waals surface area contributed by atoms with E-state index in [1.807, 2.05) is 41.3 Å². The second kappa shape index (κ2) is 8.63. The average molecular weight is 395 g/mol. The van der Waals surface area contributed by atoms with Gasteiger partial charge in [0.1, 0.15) is 5.76 Å². The van der Waals surface area contributed by atoms with Crippen LogP contribution in [0.2, 0.25) is 5.02 Å². The molecule has 2 aromatic carbocycles. The number of nitrogens with zero attached hydrogens (tertiary/aromatic N) is 2. The molecule has 1 aromatic heterocycles. The highest BCUT2D eigenvalue weighted by atomic mass is 35.5. The van der Waals surface area contributed by atoms with Gasteiger partial charge in [-0.05, 0) is 48.4 Å². The summed E-state index contributed by atoms with van der Waals surface area (Å²) in [4.78, 5) is 17.2. The Morgan fingerprint density at radius 1 is 0.893 bits per heavy atom. The van der Waals surface area contributed by atoms with Crippen LogP contribution in [0, 0.1) is 0 Å². The number of carbonyl (C=O) groups excluding carboxylic acids is 1. The monoisotopic (exact) mass is 394 g/mol. The lowest BCUT2D eigenvalue weighted by molar-refractivity contribution is 0.0730. The Balaban J connectivity index is 1.39. The molecule has 1 saturated heterocycles. The van der Waals surface area contributed by atoms with E-state index in [2.05, 4.69) is 29.2 Å². The molecule has 0 spiro atoms. The van der Waals surface area contributed by atoms with Crippen LogP contribution in [0.1, 0.15) is 22.5 Å². The minimum atomic E-state index is -0.0400. The Labute approximate surface area is 170 Å². The molecule has 1 amide bonds. The van der Waals surface area contributed by atoms with Crippen LogP contribution in [0.3, 0.4) is 0 Å². The van der Waals surface area contributed by atoms with Gasteiger partial charge in [-0.25, -0.2) is 0 Å². The van der Waals surface area contributed by atoms with Crippen molar-refractivity contribution in [1.29, 1.82) is 0 Å². The number of hydrogen-bond donors (Lipinski definition) is 0.